The first-order valence-corrected chi connectivity index (χ1v) is 11.8. The van der Waals surface area contributed by atoms with Crippen molar-refractivity contribution in [1.29, 1.82) is 0 Å². The van der Waals surface area contributed by atoms with Gasteiger partial charge in [-0.1, -0.05) is 12.1 Å². The van der Waals surface area contributed by atoms with Gasteiger partial charge in [0.2, 0.25) is 0 Å². The lowest BCUT2D eigenvalue weighted by Gasteiger charge is -2.11. The molecule has 1 aromatic carbocycles. The second kappa shape index (κ2) is 8.01. The van der Waals surface area contributed by atoms with Crippen molar-refractivity contribution in [1.82, 2.24) is 5.32 Å². The van der Waals surface area contributed by atoms with Gasteiger partial charge in [0.25, 0.3) is 5.91 Å². The Hall–Kier alpha value is -1.19. The standard InChI is InChI=1S/C16H19NO5S3/c18-14(17-13-5-8-25(20,21)10-13)9-22-15(19)11-1-3-12(4-2-11)16-23-6-7-24-16/h1-4,13,16H,5-10H2,(H,17,18)/t13-/m1/s1. The first-order valence-electron chi connectivity index (χ1n) is 7.93. The van der Waals surface area contributed by atoms with Crippen LogP contribution in [0.15, 0.2) is 24.3 Å². The number of hydrogen-bond acceptors (Lipinski definition) is 7. The number of benzene rings is 1. The van der Waals surface area contributed by atoms with Gasteiger partial charge < -0.3 is 10.1 Å². The molecule has 0 aromatic heterocycles. The van der Waals surface area contributed by atoms with Gasteiger partial charge in [0, 0.05) is 17.5 Å². The fraction of sp³-hybridized carbons (Fsp3) is 0.500. The van der Waals surface area contributed by atoms with E-state index < -0.39 is 34.4 Å². The molecular formula is C16H19NO5S3. The fourth-order valence-electron chi connectivity index (χ4n) is 2.72. The number of carbonyl (C=O) groups is 2. The van der Waals surface area contributed by atoms with E-state index in [1.165, 1.54) is 5.56 Å². The Morgan fingerprint density at radius 2 is 1.84 bits per heavy atom. The minimum Gasteiger partial charge on any atom is -0.452 e. The summed E-state index contributed by atoms with van der Waals surface area (Å²) >= 11 is 3.78. The van der Waals surface area contributed by atoms with E-state index in [0.29, 0.717) is 16.6 Å². The van der Waals surface area contributed by atoms with E-state index >= 15 is 0 Å². The molecule has 2 aliphatic rings. The topological polar surface area (TPSA) is 89.5 Å². The van der Waals surface area contributed by atoms with Crippen LogP contribution in [0.1, 0.15) is 26.9 Å². The highest BCUT2D eigenvalue weighted by Gasteiger charge is 2.29. The van der Waals surface area contributed by atoms with Gasteiger partial charge in [-0.2, -0.15) is 0 Å². The Bertz CT molecular complexity index is 742. The number of sulfone groups is 1. The van der Waals surface area contributed by atoms with Crippen LogP contribution >= 0.6 is 23.5 Å². The zero-order valence-electron chi connectivity index (χ0n) is 13.5. The molecule has 0 unspecified atom stereocenters. The zero-order chi connectivity index (χ0) is 17.9. The van der Waals surface area contributed by atoms with Crippen LogP contribution in [0, 0.1) is 0 Å². The normalized spacial score (nSPS) is 22.6. The minimum atomic E-state index is -3.05. The van der Waals surface area contributed by atoms with Crippen molar-refractivity contribution >= 4 is 45.2 Å². The van der Waals surface area contributed by atoms with Gasteiger partial charge in [-0.25, -0.2) is 13.2 Å². The molecule has 136 valence electrons. The Labute approximate surface area is 155 Å². The summed E-state index contributed by atoms with van der Waals surface area (Å²) in [6.07, 6.45) is 0.403. The number of thioether (sulfide) groups is 2. The van der Waals surface area contributed by atoms with Gasteiger partial charge >= 0.3 is 5.97 Å². The van der Waals surface area contributed by atoms with Gasteiger partial charge in [0.1, 0.15) is 0 Å². The van der Waals surface area contributed by atoms with Gasteiger partial charge in [-0.05, 0) is 24.1 Å². The molecule has 25 heavy (non-hydrogen) atoms. The molecule has 2 aliphatic heterocycles. The molecule has 0 bridgehead atoms. The highest BCUT2D eigenvalue weighted by Crippen LogP contribution is 2.45. The van der Waals surface area contributed by atoms with E-state index in [1.807, 2.05) is 35.7 Å². The van der Waals surface area contributed by atoms with Crippen molar-refractivity contribution in [3.05, 3.63) is 35.4 Å². The molecule has 2 heterocycles. The first-order chi connectivity index (χ1) is 11.9. The quantitative estimate of drug-likeness (QED) is 0.750. The van der Waals surface area contributed by atoms with E-state index in [0.717, 1.165) is 11.5 Å². The number of ether oxygens (including phenoxy) is 1. The summed E-state index contributed by atoms with van der Waals surface area (Å²) < 4.78 is 28.1. The third kappa shape index (κ3) is 5.15. The van der Waals surface area contributed by atoms with Crippen molar-refractivity contribution in [2.45, 2.75) is 17.0 Å². The van der Waals surface area contributed by atoms with Crippen molar-refractivity contribution in [3.8, 4) is 0 Å². The van der Waals surface area contributed by atoms with Crippen molar-refractivity contribution in [3.63, 3.8) is 0 Å². The van der Waals surface area contributed by atoms with Crippen LogP contribution in [0.5, 0.6) is 0 Å². The third-order valence-corrected chi connectivity index (χ3v) is 8.84. The van der Waals surface area contributed by atoms with Crippen LogP contribution in [0.3, 0.4) is 0 Å². The van der Waals surface area contributed by atoms with Crippen LogP contribution in [-0.4, -0.2) is 56.0 Å². The number of hydrogen-bond donors (Lipinski definition) is 1. The molecule has 3 rings (SSSR count). The third-order valence-electron chi connectivity index (χ3n) is 3.97. The second-order valence-electron chi connectivity index (χ2n) is 5.94. The summed E-state index contributed by atoms with van der Waals surface area (Å²) in [7, 11) is -3.05. The molecule has 0 spiro atoms. The Balaban J connectivity index is 1.46. The van der Waals surface area contributed by atoms with Gasteiger partial charge in [0.15, 0.2) is 16.4 Å². The Morgan fingerprint density at radius 1 is 1.16 bits per heavy atom. The molecule has 6 nitrogen and oxygen atoms in total. The molecule has 1 amide bonds. The van der Waals surface area contributed by atoms with Crippen LogP contribution in [-0.2, 0) is 19.4 Å². The van der Waals surface area contributed by atoms with Crippen molar-refractivity contribution < 1.29 is 22.7 Å². The molecule has 0 saturated carbocycles. The maximum atomic E-state index is 12.0. The maximum absolute atomic E-state index is 12.0. The number of esters is 1. The smallest absolute Gasteiger partial charge is 0.338 e. The predicted molar refractivity (Wildman–Crippen MR) is 99.6 cm³/mol. The fourth-order valence-corrected chi connectivity index (χ4v) is 7.25. The van der Waals surface area contributed by atoms with Crippen LogP contribution in [0.4, 0.5) is 0 Å². The summed E-state index contributed by atoms with van der Waals surface area (Å²) in [6, 6.07) is 6.85. The van der Waals surface area contributed by atoms with E-state index in [9.17, 15) is 18.0 Å². The molecule has 0 aliphatic carbocycles. The van der Waals surface area contributed by atoms with Crippen LogP contribution < -0.4 is 5.32 Å². The highest BCUT2D eigenvalue weighted by molar-refractivity contribution is 8.19. The molecular weight excluding hydrogens is 382 g/mol. The van der Waals surface area contributed by atoms with Crippen molar-refractivity contribution in [2.75, 3.05) is 29.6 Å². The molecule has 1 N–H and O–H groups in total. The van der Waals surface area contributed by atoms with Gasteiger partial charge in [-0.3, -0.25) is 4.79 Å². The summed E-state index contributed by atoms with van der Waals surface area (Å²) in [5, 5.41) is 2.59. The first kappa shape index (κ1) is 18.6. The predicted octanol–water partition coefficient (Wildman–Crippen LogP) is 1.63. The lowest BCUT2D eigenvalue weighted by Crippen LogP contribution is -2.38. The second-order valence-corrected chi connectivity index (χ2v) is 10.9. The lowest BCUT2D eigenvalue weighted by molar-refractivity contribution is -0.124. The van der Waals surface area contributed by atoms with E-state index in [2.05, 4.69) is 5.32 Å². The van der Waals surface area contributed by atoms with Crippen LogP contribution in [0.2, 0.25) is 0 Å². The summed E-state index contributed by atoms with van der Waals surface area (Å²) in [4.78, 5) is 23.8. The monoisotopic (exact) mass is 401 g/mol. The molecule has 1 aromatic rings. The number of nitrogens with one attached hydrogen (secondary N) is 1. The molecule has 2 fully saturated rings. The molecule has 2 saturated heterocycles. The number of rotatable bonds is 5. The average Bonchev–Trinajstić information content (AvgIpc) is 3.22. The average molecular weight is 402 g/mol. The summed E-state index contributed by atoms with van der Waals surface area (Å²) in [5.74, 6) is 1.26. The summed E-state index contributed by atoms with van der Waals surface area (Å²) in [5.41, 5.74) is 1.57. The Kier molecular flexibility index (Phi) is 5.96. The largest absolute Gasteiger partial charge is 0.452 e. The van der Waals surface area contributed by atoms with Crippen LogP contribution in [0.25, 0.3) is 0 Å². The van der Waals surface area contributed by atoms with Gasteiger partial charge in [0.05, 0.1) is 21.7 Å². The maximum Gasteiger partial charge on any atom is 0.338 e. The highest BCUT2D eigenvalue weighted by atomic mass is 32.2. The number of carbonyl (C=O) groups excluding carboxylic acids is 2. The SMILES string of the molecule is O=C(COC(=O)c1ccc(C2SCCS2)cc1)N[C@@H]1CCS(=O)(=O)C1. The summed E-state index contributed by atoms with van der Waals surface area (Å²) in [6.45, 7) is -0.411. The van der Waals surface area contributed by atoms with Gasteiger partial charge in [-0.15, -0.1) is 23.5 Å². The number of amides is 1. The molecule has 1 atom stereocenters. The molecule has 9 heteroatoms. The minimum absolute atomic E-state index is 0.0503. The van der Waals surface area contributed by atoms with E-state index in [-0.39, 0.29) is 11.5 Å². The lowest BCUT2D eigenvalue weighted by atomic mass is 10.1. The van der Waals surface area contributed by atoms with E-state index in [4.69, 9.17) is 4.74 Å². The molecule has 0 radical (unpaired) electrons. The Morgan fingerprint density at radius 3 is 2.44 bits per heavy atom. The van der Waals surface area contributed by atoms with Crippen molar-refractivity contribution in [2.24, 2.45) is 0 Å². The van der Waals surface area contributed by atoms with E-state index in [1.54, 1.807) is 12.1 Å². The zero-order valence-corrected chi connectivity index (χ0v) is 15.9.